The number of rotatable bonds is 3. The van der Waals surface area contributed by atoms with Gasteiger partial charge in [-0.2, -0.15) is 0 Å². The standard InChI is InChI=1S/C12H15NO2/c14-7-6-13-5-1-2-11-8-10(9-15)3-4-12(11)13/h3-4,8-9,14H,1-2,5-7H2. The van der Waals surface area contributed by atoms with Crippen LogP contribution in [0.3, 0.4) is 0 Å². The van der Waals surface area contributed by atoms with Crippen LogP contribution in [0.2, 0.25) is 0 Å². The number of β-amino-alcohol motifs (C(OH)–C–C–N with tert-alkyl or cyclic N) is 1. The van der Waals surface area contributed by atoms with Gasteiger partial charge in [-0.15, -0.1) is 0 Å². The number of aliphatic hydroxyl groups is 1. The predicted molar refractivity (Wildman–Crippen MR) is 59.4 cm³/mol. The summed E-state index contributed by atoms with van der Waals surface area (Å²) in [6.45, 7) is 1.84. The molecule has 2 rings (SSSR count). The maximum Gasteiger partial charge on any atom is 0.150 e. The summed E-state index contributed by atoms with van der Waals surface area (Å²) in [6, 6.07) is 5.77. The smallest absolute Gasteiger partial charge is 0.150 e. The van der Waals surface area contributed by atoms with Gasteiger partial charge in [-0.3, -0.25) is 4.79 Å². The van der Waals surface area contributed by atoms with E-state index in [0.717, 1.165) is 31.2 Å². The molecule has 0 fully saturated rings. The Morgan fingerprint density at radius 3 is 3.07 bits per heavy atom. The molecule has 1 heterocycles. The van der Waals surface area contributed by atoms with Gasteiger partial charge in [0.2, 0.25) is 0 Å². The number of carbonyl (C=O) groups excluding carboxylic acids is 1. The average molecular weight is 205 g/mol. The molecule has 1 aromatic carbocycles. The van der Waals surface area contributed by atoms with Crippen LogP contribution in [0.25, 0.3) is 0 Å². The number of benzene rings is 1. The summed E-state index contributed by atoms with van der Waals surface area (Å²) < 4.78 is 0. The molecular formula is C12H15NO2. The van der Waals surface area contributed by atoms with Crippen LogP contribution < -0.4 is 4.90 Å². The van der Waals surface area contributed by atoms with Crippen molar-refractivity contribution in [1.29, 1.82) is 0 Å². The number of aliphatic hydroxyl groups excluding tert-OH is 1. The van der Waals surface area contributed by atoms with Crippen LogP contribution in [0.1, 0.15) is 22.3 Å². The van der Waals surface area contributed by atoms with Gasteiger partial charge in [-0.25, -0.2) is 0 Å². The normalized spacial score (nSPS) is 14.9. The Morgan fingerprint density at radius 2 is 2.33 bits per heavy atom. The number of nitrogens with zero attached hydrogens (tertiary/aromatic N) is 1. The van der Waals surface area contributed by atoms with E-state index in [4.69, 9.17) is 5.11 Å². The Hall–Kier alpha value is -1.35. The summed E-state index contributed by atoms with van der Waals surface area (Å²) >= 11 is 0. The lowest BCUT2D eigenvalue weighted by atomic mass is 9.99. The minimum absolute atomic E-state index is 0.175. The zero-order valence-corrected chi connectivity index (χ0v) is 8.65. The van der Waals surface area contributed by atoms with Gasteiger partial charge in [0.1, 0.15) is 6.29 Å². The van der Waals surface area contributed by atoms with Crippen LogP contribution in [0.5, 0.6) is 0 Å². The van der Waals surface area contributed by atoms with Crippen molar-refractivity contribution in [3.63, 3.8) is 0 Å². The molecule has 1 N–H and O–H groups in total. The van der Waals surface area contributed by atoms with Gasteiger partial charge >= 0.3 is 0 Å². The lowest BCUT2D eigenvalue weighted by Crippen LogP contribution is -2.31. The van der Waals surface area contributed by atoms with Crippen LogP contribution in [0, 0.1) is 0 Å². The van der Waals surface area contributed by atoms with E-state index in [9.17, 15) is 4.79 Å². The van der Waals surface area contributed by atoms with E-state index in [2.05, 4.69) is 4.90 Å². The lowest BCUT2D eigenvalue weighted by Gasteiger charge is -2.30. The molecule has 0 saturated heterocycles. The van der Waals surface area contributed by atoms with E-state index in [1.54, 1.807) is 0 Å². The lowest BCUT2D eigenvalue weighted by molar-refractivity contribution is 0.112. The summed E-state index contributed by atoms with van der Waals surface area (Å²) in [4.78, 5) is 12.8. The minimum atomic E-state index is 0.175. The van der Waals surface area contributed by atoms with Crippen molar-refractivity contribution in [3.8, 4) is 0 Å². The quantitative estimate of drug-likeness (QED) is 0.755. The largest absolute Gasteiger partial charge is 0.395 e. The highest BCUT2D eigenvalue weighted by molar-refractivity contribution is 5.77. The molecule has 3 nitrogen and oxygen atoms in total. The van der Waals surface area contributed by atoms with Gasteiger partial charge in [0.05, 0.1) is 6.61 Å². The molecule has 0 amide bonds. The zero-order chi connectivity index (χ0) is 10.7. The Balaban J connectivity index is 2.31. The molecule has 1 aromatic rings. The average Bonchev–Trinajstić information content (AvgIpc) is 2.29. The second-order valence-electron chi connectivity index (χ2n) is 3.82. The van der Waals surface area contributed by atoms with Gasteiger partial charge in [-0.05, 0) is 36.6 Å². The van der Waals surface area contributed by atoms with Crippen LogP contribution in [0.4, 0.5) is 5.69 Å². The van der Waals surface area contributed by atoms with Gasteiger partial charge in [0.15, 0.2) is 0 Å². The SMILES string of the molecule is O=Cc1ccc2c(c1)CCCN2CCO. The molecule has 0 bridgehead atoms. The van der Waals surface area contributed by atoms with Gasteiger partial charge in [0, 0.05) is 24.3 Å². The van der Waals surface area contributed by atoms with E-state index in [-0.39, 0.29) is 6.61 Å². The molecule has 3 heteroatoms. The predicted octanol–water partition coefficient (Wildman–Crippen LogP) is 1.24. The highest BCUT2D eigenvalue weighted by Gasteiger charge is 2.16. The molecule has 0 radical (unpaired) electrons. The van der Waals surface area contributed by atoms with Crippen LogP contribution in [-0.2, 0) is 6.42 Å². The molecule has 0 aliphatic carbocycles. The Morgan fingerprint density at radius 1 is 1.47 bits per heavy atom. The Kier molecular flexibility index (Phi) is 3.02. The fourth-order valence-electron chi connectivity index (χ4n) is 2.12. The summed E-state index contributed by atoms with van der Waals surface area (Å²) in [5, 5.41) is 8.95. The summed E-state index contributed by atoms with van der Waals surface area (Å²) in [6.07, 6.45) is 3.00. The Labute approximate surface area is 89.3 Å². The number of aldehydes is 1. The molecule has 1 aliphatic heterocycles. The molecule has 1 aliphatic rings. The number of carbonyl (C=O) groups is 1. The highest BCUT2D eigenvalue weighted by Crippen LogP contribution is 2.27. The van der Waals surface area contributed by atoms with Crippen LogP contribution >= 0.6 is 0 Å². The molecule has 15 heavy (non-hydrogen) atoms. The van der Waals surface area contributed by atoms with Crippen molar-refractivity contribution in [1.82, 2.24) is 0 Å². The fraction of sp³-hybridized carbons (Fsp3) is 0.417. The second-order valence-corrected chi connectivity index (χ2v) is 3.82. The van der Waals surface area contributed by atoms with E-state index in [0.29, 0.717) is 6.54 Å². The van der Waals surface area contributed by atoms with Crippen LogP contribution in [-0.4, -0.2) is 31.1 Å². The molecule has 0 saturated carbocycles. The monoisotopic (exact) mass is 205 g/mol. The highest BCUT2D eigenvalue weighted by atomic mass is 16.3. The van der Waals surface area contributed by atoms with Crippen molar-refractivity contribution in [3.05, 3.63) is 29.3 Å². The first-order valence-corrected chi connectivity index (χ1v) is 5.29. The zero-order valence-electron chi connectivity index (χ0n) is 8.65. The number of anilines is 1. The van der Waals surface area contributed by atoms with E-state index in [1.807, 2.05) is 18.2 Å². The van der Waals surface area contributed by atoms with Gasteiger partial charge in [-0.1, -0.05) is 0 Å². The van der Waals surface area contributed by atoms with Crippen molar-refractivity contribution in [2.75, 3.05) is 24.6 Å². The second kappa shape index (κ2) is 4.45. The minimum Gasteiger partial charge on any atom is -0.395 e. The van der Waals surface area contributed by atoms with Crippen molar-refractivity contribution in [2.24, 2.45) is 0 Å². The molecule has 0 atom stereocenters. The van der Waals surface area contributed by atoms with Gasteiger partial charge < -0.3 is 10.0 Å². The maximum absolute atomic E-state index is 10.6. The van der Waals surface area contributed by atoms with Gasteiger partial charge in [0.25, 0.3) is 0 Å². The van der Waals surface area contributed by atoms with E-state index < -0.39 is 0 Å². The molecule has 0 spiro atoms. The summed E-state index contributed by atoms with van der Waals surface area (Å²) in [7, 11) is 0. The first-order valence-electron chi connectivity index (χ1n) is 5.29. The number of hydrogen-bond acceptors (Lipinski definition) is 3. The van der Waals surface area contributed by atoms with E-state index in [1.165, 1.54) is 11.3 Å². The third-order valence-corrected chi connectivity index (χ3v) is 2.82. The van der Waals surface area contributed by atoms with Crippen molar-refractivity contribution >= 4 is 12.0 Å². The maximum atomic E-state index is 10.6. The first-order chi connectivity index (χ1) is 7.35. The number of hydrogen-bond donors (Lipinski definition) is 1. The molecule has 0 unspecified atom stereocenters. The summed E-state index contributed by atoms with van der Waals surface area (Å²) in [5.41, 5.74) is 3.12. The third kappa shape index (κ3) is 2.02. The number of aryl methyl sites for hydroxylation is 1. The first kappa shape index (κ1) is 10.2. The number of fused-ring (bicyclic) bond motifs is 1. The van der Waals surface area contributed by atoms with Crippen molar-refractivity contribution < 1.29 is 9.90 Å². The molecule has 0 aromatic heterocycles. The van der Waals surface area contributed by atoms with Crippen LogP contribution in [0.15, 0.2) is 18.2 Å². The van der Waals surface area contributed by atoms with Crippen molar-refractivity contribution in [2.45, 2.75) is 12.8 Å². The molecular weight excluding hydrogens is 190 g/mol. The Bertz CT molecular complexity index is 363. The van der Waals surface area contributed by atoms with E-state index >= 15 is 0 Å². The molecule has 80 valence electrons. The topological polar surface area (TPSA) is 40.5 Å². The summed E-state index contributed by atoms with van der Waals surface area (Å²) in [5.74, 6) is 0. The third-order valence-electron chi connectivity index (χ3n) is 2.82. The fourth-order valence-corrected chi connectivity index (χ4v) is 2.12.